The van der Waals surface area contributed by atoms with Gasteiger partial charge in [-0.1, -0.05) is 53.2 Å². The molecule has 0 bridgehead atoms. The molecule has 0 spiro atoms. The third-order valence-corrected chi connectivity index (χ3v) is 4.63. The molecule has 3 aromatic heterocycles. The van der Waals surface area contributed by atoms with Gasteiger partial charge in [-0.25, -0.2) is 4.98 Å². The Morgan fingerprint density at radius 3 is 2.75 bits per heavy atom. The zero-order valence-electron chi connectivity index (χ0n) is 12.2. The van der Waals surface area contributed by atoms with E-state index in [9.17, 15) is 0 Å². The lowest BCUT2D eigenvalue weighted by Gasteiger charge is -1.95. The van der Waals surface area contributed by atoms with E-state index in [0.29, 0.717) is 32.6 Å². The van der Waals surface area contributed by atoms with Gasteiger partial charge in [0.05, 0.1) is 15.7 Å². The Balaban J connectivity index is 1.51. The van der Waals surface area contributed by atoms with Crippen molar-refractivity contribution in [3.63, 3.8) is 0 Å². The Bertz CT molecular complexity index is 1000. The van der Waals surface area contributed by atoms with E-state index >= 15 is 0 Å². The Labute approximate surface area is 151 Å². The Kier molecular flexibility index (Phi) is 4.18. The Morgan fingerprint density at radius 1 is 1.08 bits per heavy atom. The summed E-state index contributed by atoms with van der Waals surface area (Å²) >= 11 is 13.6. The van der Waals surface area contributed by atoms with Crippen molar-refractivity contribution < 1.29 is 4.42 Å². The molecule has 5 nitrogen and oxygen atoms in total. The van der Waals surface area contributed by atoms with Crippen LogP contribution in [0.5, 0.6) is 0 Å². The van der Waals surface area contributed by atoms with E-state index in [1.54, 1.807) is 12.3 Å². The van der Waals surface area contributed by atoms with Crippen molar-refractivity contribution in [2.75, 3.05) is 0 Å². The number of rotatable bonds is 4. The average molecular weight is 377 g/mol. The van der Waals surface area contributed by atoms with Gasteiger partial charge in [-0.2, -0.15) is 0 Å². The molecule has 0 saturated carbocycles. The molecule has 0 atom stereocenters. The molecule has 0 aliphatic heterocycles. The molecule has 8 heteroatoms. The smallest absolute Gasteiger partial charge is 0.277 e. The summed E-state index contributed by atoms with van der Waals surface area (Å²) in [7, 11) is 0. The van der Waals surface area contributed by atoms with Crippen LogP contribution in [0.25, 0.3) is 17.1 Å². The number of nitrogens with zero attached hydrogens (tertiary/aromatic N) is 4. The molecule has 24 heavy (non-hydrogen) atoms. The van der Waals surface area contributed by atoms with Crippen LogP contribution >= 0.6 is 35.0 Å². The number of fused-ring (bicyclic) bond motifs is 1. The number of benzene rings is 1. The maximum absolute atomic E-state index is 6.15. The predicted octanol–water partition coefficient (Wildman–Crippen LogP) is 4.98. The maximum atomic E-state index is 6.15. The van der Waals surface area contributed by atoms with Gasteiger partial charge in [-0.05, 0) is 18.2 Å². The molecule has 0 radical (unpaired) electrons. The van der Waals surface area contributed by atoms with Crippen molar-refractivity contribution >= 4 is 40.6 Å². The first-order chi connectivity index (χ1) is 11.7. The van der Waals surface area contributed by atoms with Crippen molar-refractivity contribution in [3.05, 3.63) is 64.5 Å². The number of aromatic nitrogens is 4. The van der Waals surface area contributed by atoms with Gasteiger partial charge in [0.25, 0.3) is 5.22 Å². The van der Waals surface area contributed by atoms with Gasteiger partial charge in [0, 0.05) is 23.7 Å². The Morgan fingerprint density at radius 2 is 1.92 bits per heavy atom. The monoisotopic (exact) mass is 376 g/mol. The highest BCUT2D eigenvalue weighted by atomic mass is 35.5. The van der Waals surface area contributed by atoms with Crippen molar-refractivity contribution in [2.24, 2.45) is 0 Å². The second kappa shape index (κ2) is 6.47. The largest absolute Gasteiger partial charge is 0.411 e. The molecular weight excluding hydrogens is 367 g/mol. The molecule has 0 fully saturated rings. The topological polar surface area (TPSA) is 56.2 Å². The highest BCUT2D eigenvalue weighted by Crippen LogP contribution is 2.27. The summed E-state index contributed by atoms with van der Waals surface area (Å²) in [4.78, 5) is 4.50. The SMILES string of the molecule is Clc1cc(Cl)c2nc(CSc3nnc(-c4ccccc4)o3)cn2c1. The Hall–Kier alpha value is -2.02. The summed E-state index contributed by atoms with van der Waals surface area (Å²) in [6.07, 6.45) is 3.65. The minimum Gasteiger partial charge on any atom is -0.411 e. The molecule has 1 aromatic carbocycles. The first-order valence-electron chi connectivity index (χ1n) is 7.03. The first-order valence-corrected chi connectivity index (χ1v) is 8.77. The van der Waals surface area contributed by atoms with Crippen LogP contribution in [0.15, 0.2) is 58.4 Å². The molecule has 0 N–H and O–H groups in total. The third kappa shape index (κ3) is 3.13. The molecule has 0 aliphatic rings. The molecule has 0 amide bonds. The molecule has 120 valence electrons. The van der Waals surface area contributed by atoms with Crippen molar-refractivity contribution in [1.82, 2.24) is 19.6 Å². The number of imidazole rings is 1. The highest BCUT2D eigenvalue weighted by Gasteiger charge is 2.11. The lowest BCUT2D eigenvalue weighted by Crippen LogP contribution is -1.82. The second-order valence-corrected chi connectivity index (χ2v) is 6.77. The third-order valence-electron chi connectivity index (χ3n) is 3.29. The predicted molar refractivity (Wildman–Crippen MR) is 94.5 cm³/mol. The summed E-state index contributed by atoms with van der Waals surface area (Å²) in [6.45, 7) is 0. The van der Waals surface area contributed by atoms with E-state index in [2.05, 4.69) is 15.2 Å². The summed E-state index contributed by atoms with van der Waals surface area (Å²) in [5.41, 5.74) is 2.42. The molecule has 0 aliphatic carbocycles. The molecule has 4 aromatic rings. The normalized spacial score (nSPS) is 11.2. The van der Waals surface area contributed by atoms with Crippen molar-refractivity contribution in [2.45, 2.75) is 11.0 Å². The van der Waals surface area contributed by atoms with E-state index in [1.807, 2.05) is 40.9 Å². The van der Waals surface area contributed by atoms with Gasteiger partial charge in [-0.3, -0.25) is 0 Å². The van der Waals surface area contributed by atoms with Gasteiger partial charge in [0.2, 0.25) is 5.89 Å². The van der Waals surface area contributed by atoms with Crippen LogP contribution in [0.4, 0.5) is 0 Å². The van der Waals surface area contributed by atoms with Crippen LogP contribution < -0.4 is 0 Å². The fourth-order valence-corrected chi connectivity index (χ4v) is 3.42. The highest BCUT2D eigenvalue weighted by molar-refractivity contribution is 7.98. The molecule has 4 rings (SSSR count). The summed E-state index contributed by atoms with van der Waals surface area (Å²) < 4.78 is 7.48. The van der Waals surface area contributed by atoms with Gasteiger partial charge < -0.3 is 8.82 Å². The number of hydrogen-bond acceptors (Lipinski definition) is 5. The molecular formula is C16H10Cl2N4OS. The molecule has 3 heterocycles. The lowest BCUT2D eigenvalue weighted by atomic mass is 10.2. The van der Waals surface area contributed by atoms with E-state index in [1.165, 1.54) is 11.8 Å². The van der Waals surface area contributed by atoms with Gasteiger partial charge in [0.15, 0.2) is 5.65 Å². The van der Waals surface area contributed by atoms with Crippen molar-refractivity contribution in [3.8, 4) is 11.5 Å². The summed E-state index contributed by atoms with van der Waals surface area (Å²) in [5, 5.41) is 9.70. The van der Waals surface area contributed by atoms with Crippen LogP contribution in [-0.2, 0) is 5.75 Å². The van der Waals surface area contributed by atoms with Gasteiger partial charge in [0.1, 0.15) is 0 Å². The molecule has 0 saturated heterocycles. The number of thioether (sulfide) groups is 1. The van der Waals surface area contributed by atoms with Crippen LogP contribution in [0.3, 0.4) is 0 Å². The standard InChI is InChI=1S/C16H10Cl2N4OS/c17-11-6-13(18)14-19-12(8-22(14)7-11)9-24-16-21-20-15(23-16)10-4-2-1-3-5-10/h1-8H,9H2. The first kappa shape index (κ1) is 15.5. The lowest BCUT2D eigenvalue weighted by molar-refractivity contribution is 0.466. The summed E-state index contributed by atoms with van der Waals surface area (Å²) in [6, 6.07) is 11.3. The fourth-order valence-electron chi connectivity index (χ4n) is 2.25. The minimum atomic E-state index is 0.495. The maximum Gasteiger partial charge on any atom is 0.277 e. The quantitative estimate of drug-likeness (QED) is 0.470. The van der Waals surface area contributed by atoms with Gasteiger partial charge in [-0.15, -0.1) is 10.2 Å². The van der Waals surface area contributed by atoms with Gasteiger partial charge >= 0.3 is 0 Å². The zero-order chi connectivity index (χ0) is 16.5. The number of hydrogen-bond donors (Lipinski definition) is 0. The van der Waals surface area contributed by atoms with E-state index in [0.717, 1.165) is 11.3 Å². The minimum absolute atomic E-state index is 0.495. The summed E-state index contributed by atoms with van der Waals surface area (Å²) in [5.74, 6) is 1.09. The second-order valence-electron chi connectivity index (χ2n) is 5.00. The van der Waals surface area contributed by atoms with E-state index in [4.69, 9.17) is 27.6 Å². The van der Waals surface area contributed by atoms with E-state index in [-0.39, 0.29) is 0 Å². The van der Waals surface area contributed by atoms with E-state index < -0.39 is 0 Å². The van der Waals surface area contributed by atoms with Crippen LogP contribution in [0.1, 0.15) is 5.69 Å². The van der Waals surface area contributed by atoms with Crippen LogP contribution in [0, 0.1) is 0 Å². The van der Waals surface area contributed by atoms with Crippen LogP contribution in [-0.4, -0.2) is 19.6 Å². The number of pyridine rings is 1. The fraction of sp³-hybridized carbons (Fsp3) is 0.0625. The molecule has 0 unspecified atom stereocenters. The van der Waals surface area contributed by atoms with Crippen LogP contribution in [0.2, 0.25) is 10.0 Å². The zero-order valence-corrected chi connectivity index (χ0v) is 14.5. The van der Waals surface area contributed by atoms with Crippen molar-refractivity contribution in [1.29, 1.82) is 0 Å². The average Bonchev–Trinajstić information content (AvgIpc) is 3.20. The number of halogens is 2.